The Balaban J connectivity index is 2.04. The normalized spacial score (nSPS) is 12.2. The fraction of sp³-hybridized carbons (Fsp3) is 0.312. The molecule has 0 aliphatic heterocycles. The summed E-state index contributed by atoms with van der Waals surface area (Å²) in [4.78, 5) is 14.2. The number of carbonyl (C=O) groups is 1. The van der Waals surface area contributed by atoms with Gasteiger partial charge in [-0.05, 0) is 44.4 Å². The molecule has 0 fully saturated rings. The maximum atomic E-state index is 12.2. The lowest BCUT2D eigenvalue weighted by molar-refractivity contribution is 0.0939. The minimum atomic E-state index is -0.192. The molecule has 1 atom stereocenters. The van der Waals surface area contributed by atoms with Gasteiger partial charge >= 0.3 is 0 Å². The highest BCUT2D eigenvalue weighted by Gasteiger charge is 2.18. The molecule has 118 valence electrons. The van der Waals surface area contributed by atoms with E-state index in [0.29, 0.717) is 22.9 Å². The largest absolute Gasteiger partial charge is 0.495 e. The number of nitrogens with zero attached hydrogens (tertiary/aromatic N) is 1. The highest BCUT2D eigenvalue weighted by molar-refractivity contribution is 6.32. The van der Waals surface area contributed by atoms with Gasteiger partial charge in [-0.1, -0.05) is 11.6 Å². The average molecular weight is 323 g/mol. The van der Waals surface area contributed by atoms with Crippen LogP contribution >= 0.6 is 11.6 Å². The molecule has 1 heterocycles. The molecule has 0 saturated carbocycles. The van der Waals surface area contributed by atoms with E-state index < -0.39 is 0 Å². The Morgan fingerprint density at radius 3 is 2.73 bits per heavy atom. The fourth-order valence-corrected chi connectivity index (χ4v) is 2.38. The van der Waals surface area contributed by atoms with Crippen LogP contribution in [0.2, 0.25) is 5.02 Å². The van der Waals surface area contributed by atoms with Crippen LogP contribution in [0.3, 0.4) is 0 Å². The molecule has 6 heteroatoms. The smallest absolute Gasteiger partial charge is 0.251 e. The van der Waals surface area contributed by atoms with Crippen molar-refractivity contribution in [2.45, 2.75) is 6.04 Å². The first-order valence-electron chi connectivity index (χ1n) is 6.84. The molecule has 1 N–H and O–H groups in total. The van der Waals surface area contributed by atoms with Gasteiger partial charge in [0.1, 0.15) is 11.5 Å². The molecule has 1 aromatic heterocycles. The molecule has 0 saturated heterocycles. The number of nitrogens with one attached hydrogen (secondary N) is 1. The summed E-state index contributed by atoms with van der Waals surface area (Å²) in [7, 11) is 5.40. The number of ether oxygens (including phenoxy) is 1. The zero-order valence-corrected chi connectivity index (χ0v) is 13.6. The molecular formula is C16H19ClN2O3. The molecule has 0 radical (unpaired) electrons. The van der Waals surface area contributed by atoms with E-state index in [1.54, 1.807) is 24.5 Å². The summed E-state index contributed by atoms with van der Waals surface area (Å²) < 4.78 is 10.5. The Kier molecular flexibility index (Phi) is 5.46. The standard InChI is InChI=1S/C16H19ClN2O3/c1-19(2)13(15-5-4-8-22-15)10-18-16(20)11-6-7-14(21-3)12(17)9-11/h4-9,13H,10H2,1-3H3,(H,18,20). The van der Waals surface area contributed by atoms with Crippen molar-refractivity contribution in [3.8, 4) is 5.75 Å². The van der Waals surface area contributed by atoms with E-state index in [1.165, 1.54) is 7.11 Å². The van der Waals surface area contributed by atoms with Crippen LogP contribution in [0.4, 0.5) is 0 Å². The number of hydrogen-bond acceptors (Lipinski definition) is 4. The molecular weight excluding hydrogens is 304 g/mol. The van der Waals surface area contributed by atoms with Crippen LogP contribution in [0.15, 0.2) is 41.0 Å². The number of rotatable bonds is 6. The van der Waals surface area contributed by atoms with Crippen LogP contribution in [-0.4, -0.2) is 38.6 Å². The van der Waals surface area contributed by atoms with Crippen molar-refractivity contribution in [1.29, 1.82) is 0 Å². The third kappa shape index (κ3) is 3.81. The monoisotopic (exact) mass is 322 g/mol. The van der Waals surface area contributed by atoms with Gasteiger partial charge in [-0.2, -0.15) is 0 Å². The van der Waals surface area contributed by atoms with Gasteiger partial charge in [0.2, 0.25) is 0 Å². The van der Waals surface area contributed by atoms with Crippen LogP contribution < -0.4 is 10.1 Å². The van der Waals surface area contributed by atoms with Gasteiger partial charge in [0.25, 0.3) is 5.91 Å². The Hall–Kier alpha value is -1.98. The molecule has 1 amide bonds. The second-order valence-corrected chi connectivity index (χ2v) is 5.46. The lowest BCUT2D eigenvalue weighted by atomic mass is 10.1. The summed E-state index contributed by atoms with van der Waals surface area (Å²) in [6, 6.07) is 8.63. The molecule has 2 rings (SSSR count). The van der Waals surface area contributed by atoms with Gasteiger partial charge < -0.3 is 14.5 Å². The predicted octanol–water partition coefficient (Wildman–Crippen LogP) is 2.97. The van der Waals surface area contributed by atoms with E-state index in [0.717, 1.165) is 5.76 Å². The summed E-state index contributed by atoms with van der Waals surface area (Å²) in [6.45, 7) is 0.434. The summed E-state index contributed by atoms with van der Waals surface area (Å²) in [5, 5.41) is 3.30. The molecule has 1 aromatic carbocycles. The van der Waals surface area contributed by atoms with Crippen molar-refractivity contribution in [3.63, 3.8) is 0 Å². The van der Waals surface area contributed by atoms with E-state index in [2.05, 4.69) is 5.32 Å². The first-order valence-corrected chi connectivity index (χ1v) is 7.22. The molecule has 0 bridgehead atoms. The molecule has 1 unspecified atom stereocenters. The summed E-state index contributed by atoms with van der Waals surface area (Å²) in [6.07, 6.45) is 1.62. The van der Waals surface area contributed by atoms with E-state index in [4.69, 9.17) is 20.8 Å². The highest BCUT2D eigenvalue weighted by Crippen LogP contribution is 2.25. The minimum absolute atomic E-state index is 0.0346. The molecule has 22 heavy (non-hydrogen) atoms. The Morgan fingerprint density at radius 2 is 2.18 bits per heavy atom. The maximum Gasteiger partial charge on any atom is 0.251 e. The third-order valence-electron chi connectivity index (χ3n) is 3.36. The van der Waals surface area contributed by atoms with Crippen LogP contribution in [0, 0.1) is 0 Å². The number of likely N-dealkylation sites (N-methyl/N-ethyl adjacent to an activating group) is 1. The second-order valence-electron chi connectivity index (χ2n) is 5.05. The first-order chi connectivity index (χ1) is 10.5. The number of hydrogen-bond donors (Lipinski definition) is 1. The molecule has 2 aromatic rings. The summed E-state index contributed by atoms with van der Waals surface area (Å²) >= 11 is 6.04. The Bertz CT molecular complexity index is 626. The Morgan fingerprint density at radius 1 is 1.41 bits per heavy atom. The van der Waals surface area contributed by atoms with Crippen molar-refractivity contribution >= 4 is 17.5 Å². The Labute approximate surface area is 134 Å². The van der Waals surface area contributed by atoms with Gasteiger partial charge in [0, 0.05) is 12.1 Å². The quantitative estimate of drug-likeness (QED) is 0.888. The van der Waals surface area contributed by atoms with E-state index in [9.17, 15) is 4.79 Å². The van der Waals surface area contributed by atoms with Crippen LogP contribution in [0.5, 0.6) is 5.75 Å². The molecule has 0 aliphatic carbocycles. The van der Waals surface area contributed by atoms with Crippen LogP contribution in [0.25, 0.3) is 0 Å². The number of methoxy groups -OCH3 is 1. The van der Waals surface area contributed by atoms with Gasteiger partial charge in [-0.15, -0.1) is 0 Å². The zero-order chi connectivity index (χ0) is 16.1. The zero-order valence-electron chi connectivity index (χ0n) is 12.8. The minimum Gasteiger partial charge on any atom is -0.495 e. The molecule has 0 spiro atoms. The number of benzene rings is 1. The molecule has 0 aliphatic rings. The van der Waals surface area contributed by atoms with Crippen molar-refractivity contribution in [1.82, 2.24) is 10.2 Å². The topological polar surface area (TPSA) is 54.7 Å². The van der Waals surface area contributed by atoms with E-state index in [-0.39, 0.29) is 11.9 Å². The van der Waals surface area contributed by atoms with Crippen molar-refractivity contribution in [2.75, 3.05) is 27.7 Å². The van der Waals surface area contributed by atoms with Gasteiger partial charge in [0.15, 0.2) is 0 Å². The van der Waals surface area contributed by atoms with Crippen molar-refractivity contribution in [3.05, 3.63) is 52.9 Å². The third-order valence-corrected chi connectivity index (χ3v) is 3.66. The second kappa shape index (κ2) is 7.33. The lowest BCUT2D eigenvalue weighted by Crippen LogP contribution is -2.34. The summed E-state index contributed by atoms with van der Waals surface area (Å²) in [5.41, 5.74) is 0.489. The van der Waals surface area contributed by atoms with Crippen LogP contribution in [-0.2, 0) is 0 Å². The van der Waals surface area contributed by atoms with Crippen LogP contribution in [0.1, 0.15) is 22.2 Å². The van der Waals surface area contributed by atoms with E-state index >= 15 is 0 Å². The number of halogens is 1. The lowest BCUT2D eigenvalue weighted by Gasteiger charge is -2.22. The van der Waals surface area contributed by atoms with E-state index in [1.807, 2.05) is 31.1 Å². The number of furan rings is 1. The average Bonchev–Trinajstić information content (AvgIpc) is 3.00. The number of carbonyl (C=O) groups excluding carboxylic acids is 1. The van der Waals surface area contributed by atoms with Gasteiger partial charge in [-0.3, -0.25) is 9.69 Å². The van der Waals surface area contributed by atoms with Crippen molar-refractivity contribution < 1.29 is 13.9 Å². The SMILES string of the molecule is COc1ccc(C(=O)NCC(c2ccco2)N(C)C)cc1Cl. The fourth-order valence-electron chi connectivity index (χ4n) is 2.12. The number of amides is 1. The van der Waals surface area contributed by atoms with Crippen molar-refractivity contribution in [2.24, 2.45) is 0 Å². The summed E-state index contributed by atoms with van der Waals surface area (Å²) in [5.74, 6) is 1.15. The predicted molar refractivity (Wildman–Crippen MR) is 85.5 cm³/mol. The molecule has 5 nitrogen and oxygen atoms in total. The first kappa shape index (κ1) is 16.4. The highest BCUT2D eigenvalue weighted by atomic mass is 35.5. The van der Waals surface area contributed by atoms with Gasteiger partial charge in [0.05, 0.1) is 24.4 Å². The van der Waals surface area contributed by atoms with Gasteiger partial charge in [-0.25, -0.2) is 0 Å². The maximum absolute atomic E-state index is 12.2.